The molecule has 6 rings (SSSR count). The highest BCUT2D eigenvalue weighted by Gasteiger charge is 2.44. The average molecular weight is 1340 g/mol. The van der Waals surface area contributed by atoms with Crippen LogP contribution in [0.3, 0.4) is 0 Å². The minimum Gasteiger partial charge on any atom is -0.462 e. The van der Waals surface area contributed by atoms with Crippen LogP contribution in [0.25, 0.3) is 6.08 Å². The van der Waals surface area contributed by atoms with Crippen molar-refractivity contribution in [3.8, 4) is 11.8 Å². The number of aldehydes is 1. The number of carbonyl (C=O) groups is 3. The van der Waals surface area contributed by atoms with E-state index in [4.69, 9.17) is 28.4 Å². The summed E-state index contributed by atoms with van der Waals surface area (Å²) in [4.78, 5) is 37.2. The molecule has 472 valence electrons. The van der Waals surface area contributed by atoms with E-state index in [1.807, 2.05) is 104 Å². The molecule has 2 aliphatic rings. The van der Waals surface area contributed by atoms with Crippen molar-refractivity contribution in [3.63, 3.8) is 0 Å². The largest absolute Gasteiger partial charge is 0.462 e. The molecule has 0 aliphatic carbocycles. The standard InChI is InChI=1S/C36H50O5Si.C23H36O5Si.C13H16Br2/c1-25(2)29(24-28-14-11-10-12-15-28)18-19-31(37)34-32(40-36(5,6)41-34)17-13-16-30-23-26(3)22-27(4)33(30)35(38)39-20-21-42(7,8)9;1-16-13-17(2)21(22(25)26-11-12-29(5,6)7)18(14-16)9-8-10-19-20(15-24)28-23(3,4)27-19;1-10(2)12(9-13(14)15)8-11-6-4-3-5-7-11/h10-16,22-23,25,29,31-32,34,37H,17,20-21,24H2,1-9H3;13-15,19-20H,8-12H2,1-7H3;3-7,9-10,12H,8H2,1-2H3/b16-13+;;/t29?,31?,32-,34+;19-,20+;12-/m001/s1. The number of rotatable bonds is 24. The summed E-state index contributed by atoms with van der Waals surface area (Å²) in [7, 11) is -2.56. The molecule has 7 atom stereocenters. The highest BCUT2D eigenvalue weighted by molar-refractivity contribution is 9.28. The van der Waals surface area contributed by atoms with Crippen molar-refractivity contribution in [1.29, 1.82) is 0 Å². The number of benzene rings is 4. The zero-order valence-corrected chi connectivity index (χ0v) is 60.2. The van der Waals surface area contributed by atoms with Crippen molar-refractivity contribution < 1.29 is 47.9 Å². The summed E-state index contributed by atoms with van der Waals surface area (Å²) in [6.45, 7) is 38.7. The zero-order valence-electron chi connectivity index (χ0n) is 55.0. The number of esters is 2. The van der Waals surface area contributed by atoms with Gasteiger partial charge < -0.3 is 38.3 Å². The molecule has 14 heteroatoms. The summed E-state index contributed by atoms with van der Waals surface area (Å²) >= 11 is 6.87. The Bertz CT molecular complexity index is 2910. The number of halogens is 2. The monoisotopic (exact) mass is 1340 g/mol. The van der Waals surface area contributed by atoms with E-state index in [1.165, 1.54) is 11.1 Å². The molecule has 0 saturated carbocycles. The first-order valence-corrected chi connectivity index (χ1v) is 39.8. The predicted octanol–water partition coefficient (Wildman–Crippen LogP) is 17.6. The summed E-state index contributed by atoms with van der Waals surface area (Å²) in [6.07, 6.45) is 8.90. The molecule has 10 nitrogen and oxygen atoms in total. The van der Waals surface area contributed by atoms with Gasteiger partial charge in [-0.2, -0.15) is 0 Å². The SMILES string of the molecule is CC(C)[C@@H](C=C(Br)Br)Cc1ccccc1.Cc1cc(C)c(C(=O)OCC[Si](C)(C)C)c(/C=C/C[C@@H]2OC(C)(C)O[C@@H]2C(O)C#CC(Cc2ccccc2)C(C)C)c1.Cc1cc(C)c(C(=O)OCC[Si](C)(C)C)c(CCC[C@@H]2OC(C)(C)O[C@@H]2C=O)c1. The van der Waals surface area contributed by atoms with E-state index in [0.29, 0.717) is 54.9 Å². The molecule has 0 spiro atoms. The molecule has 2 unspecified atom stereocenters. The van der Waals surface area contributed by atoms with Gasteiger partial charge in [-0.25, -0.2) is 9.59 Å². The Hall–Kier alpha value is -4.28. The fourth-order valence-corrected chi connectivity index (χ4v) is 12.6. The first-order chi connectivity index (χ1) is 40.2. The number of aliphatic hydroxyl groups is 1. The number of ether oxygens (including phenoxy) is 6. The Balaban J connectivity index is 0.000000309. The molecule has 0 bridgehead atoms. The Morgan fingerprint density at radius 3 is 1.71 bits per heavy atom. The third-order valence-corrected chi connectivity index (χ3v) is 19.1. The second-order valence-corrected chi connectivity index (χ2v) is 41.3. The molecule has 86 heavy (non-hydrogen) atoms. The number of hydrogen-bond donors (Lipinski definition) is 1. The lowest BCUT2D eigenvalue weighted by Gasteiger charge is -2.19. The van der Waals surface area contributed by atoms with Gasteiger partial charge in [0, 0.05) is 22.1 Å². The summed E-state index contributed by atoms with van der Waals surface area (Å²) in [5, 5.41) is 11.1. The highest BCUT2D eigenvalue weighted by atomic mass is 79.9. The predicted molar refractivity (Wildman–Crippen MR) is 366 cm³/mol. The van der Waals surface area contributed by atoms with E-state index in [0.717, 1.165) is 80.8 Å². The topological polar surface area (TPSA) is 127 Å². The summed E-state index contributed by atoms with van der Waals surface area (Å²) in [6, 6.07) is 30.9. The van der Waals surface area contributed by atoms with Gasteiger partial charge in [-0.3, -0.25) is 0 Å². The van der Waals surface area contributed by atoms with Gasteiger partial charge in [0.25, 0.3) is 0 Å². The lowest BCUT2D eigenvalue weighted by molar-refractivity contribution is -0.152. The average Bonchev–Trinajstić information content (AvgIpc) is 4.01. The fourth-order valence-electron chi connectivity index (χ4n) is 10.5. The van der Waals surface area contributed by atoms with Crippen LogP contribution in [-0.2, 0) is 52.5 Å². The van der Waals surface area contributed by atoms with Crippen molar-refractivity contribution in [2.45, 2.75) is 215 Å². The van der Waals surface area contributed by atoms with E-state index >= 15 is 0 Å². The van der Waals surface area contributed by atoms with E-state index in [9.17, 15) is 19.5 Å². The van der Waals surface area contributed by atoms with Gasteiger partial charge >= 0.3 is 11.9 Å². The van der Waals surface area contributed by atoms with Gasteiger partial charge in [0.2, 0.25) is 0 Å². The van der Waals surface area contributed by atoms with Gasteiger partial charge in [0.15, 0.2) is 17.9 Å². The Labute approximate surface area is 536 Å². The van der Waals surface area contributed by atoms with Crippen LogP contribution in [0.4, 0.5) is 0 Å². The molecule has 2 saturated heterocycles. The molecular weight excluding hydrogens is 1240 g/mol. The van der Waals surface area contributed by atoms with Gasteiger partial charge in [-0.15, -0.1) is 0 Å². The Morgan fingerprint density at radius 2 is 1.19 bits per heavy atom. The zero-order chi connectivity index (χ0) is 64.2. The Morgan fingerprint density at radius 1 is 0.674 bits per heavy atom. The Kier molecular flexibility index (Phi) is 29.9. The molecule has 2 heterocycles. The molecule has 1 N–H and O–H groups in total. The minimum absolute atomic E-state index is 0.115. The first-order valence-electron chi connectivity index (χ1n) is 30.8. The smallest absolute Gasteiger partial charge is 0.338 e. The van der Waals surface area contributed by atoms with Crippen LogP contribution in [0.2, 0.25) is 51.4 Å². The van der Waals surface area contributed by atoms with Crippen molar-refractivity contribution in [2.75, 3.05) is 13.2 Å². The molecule has 0 amide bonds. The van der Waals surface area contributed by atoms with E-state index in [-0.39, 0.29) is 30.1 Å². The van der Waals surface area contributed by atoms with E-state index in [1.54, 1.807) is 0 Å². The molecule has 2 aliphatic heterocycles. The minimum atomic E-state index is -1.31. The fraction of sp³-hybridized carbons (Fsp3) is 0.542. The van der Waals surface area contributed by atoms with Crippen molar-refractivity contribution in [3.05, 3.63) is 156 Å². The maximum atomic E-state index is 13.1. The van der Waals surface area contributed by atoms with Crippen LogP contribution >= 0.6 is 31.9 Å². The van der Waals surface area contributed by atoms with Gasteiger partial charge in [0.1, 0.15) is 18.3 Å². The molecule has 4 aromatic carbocycles. The number of hydrogen-bond acceptors (Lipinski definition) is 10. The third kappa shape index (κ3) is 26.4. The van der Waals surface area contributed by atoms with Crippen molar-refractivity contribution >= 4 is 72.3 Å². The summed E-state index contributed by atoms with van der Waals surface area (Å²) in [5.74, 6) is 6.01. The van der Waals surface area contributed by atoms with Crippen LogP contribution in [0.1, 0.15) is 140 Å². The first kappa shape index (κ1) is 74.2. The lowest BCUT2D eigenvalue weighted by atomic mass is 9.89. The number of aryl methyl sites for hydroxylation is 5. The molecule has 0 radical (unpaired) electrons. The molecule has 2 fully saturated rings. The normalized spacial score (nSPS) is 19.1. The maximum absolute atomic E-state index is 13.1. The number of aliphatic hydroxyl groups excluding tert-OH is 1. The van der Waals surface area contributed by atoms with Gasteiger partial charge in [-0.05, 0) is 189 Å². The van der Waals surface area contributed by atoms with E-state index < -0.39 is 46.0 Å². The van der Waals surface area contributed by atoms with Crippen LogP contribution in [0, 0.1) is 63.2 Å². The quantitative estimate of drug-likeness (QED) is 0.0314. The van der Waals surface area contributed by atoms with Gasteiger partial charge in [-0.1, -0.05) is 193 Å². The van der Waals surface area contributed by atoms with E-state index in [2.05, 4.69) is 165 Å². The number of allylic oxidation sites excluding steroid dienone is 1. The van der Waals surface area contributed by atoms with Crippen LogP contribution in [0.5, 0.6) is 0 Å². The van der Waals surface area contributed by atoms with Gasteiger partial charge in [0.05, 0.1) is 39.9 Å². The van der Waals surface area contributed by atoms with Crippen LogP contribution in [0.15, 0.2) is 100 Å². The summed E-state index contributed by atoms with van der Waals surface area (Å²) in [5.41, 5.74) is 9.78. The maximum Gasteiger partial charge on any atom is 0.338 e. The molecule has 4 aromatic rings. The van der Waals surface area contributed by atoms with Crippen molar-refractivity contribution in [2.24, 2.45) is 23.7 Å². The highest BCUT2D eigenvalue weighted by Crippen LogP contribution is 2.34. The van der Waals surface area contributed by atoms with Crippen LogP contribution in [-0.4, -0.2) is 94.8 Å². The lowest BCUT2D eigenvalue weighted by Crippen LogP contribution is -2.34. The van der Waals surface area contributed by atoms with Crippen molar-refractivity contribution in [1.82, 2.24) is 0 Å². The second kappa shape index (κ2) is 34.6. The summed E-state index contributed by atoms with van der Waals surface area (Å²) < 4.78 is 36.2. The molecule has 0 aromatic heterocycles. The second-order valence-electron chi connectivity index (χ2n) is 27.3. The third-order valence-electron chi connectivity index (χ3n) is 15.2. The number of carbonyl (C=O) groups excluding carboxylic acids is 3. The molecular formula is C72H102Br2O10Si2. The van der Waals surface area contributed by atoms with Crippen LogP contribution < -0.4 is 0 Å².